The zero-order valence-electron chi connectivity index (χ0n) is 22.6. The monoisotopic (exact) mass is 508 g/mol. The Labute approximate surface area is 217 Å². The Morgan fingerprint density at radius 1 is 0.946 bits per heavy atom. The first-order valence-corrected chi connectivity index (χ1v) is 12.1. The average molecular weight is 509 g/mol. The molecule has 0 amide bonds. The Kier molecular flexibility index (Phi) is 9.89. The van der Waals surface area contributed by atoms with E-state index in [-0.39, 0.29) is 11.3 Å². The van der Waals surface area contributed by atoms with Crippen LogP contribution >= 0.6 is 0 Å². The number of halogens is 3. The van der Waals surface area contributed by atoms with E-state index in [1.165, 1.54) is 11.6 Å². The van der Waals surface area contributed by atoms with Gasteiger partial charge in [-0.2, -0.15) is 13.2 Å². The number of anilines is 1. The maximum atomic E-state index is 13.7. The molecule has 0 fully saturated rings. The molecule has 0 bridgehead atoms. The van der Waals surface area contributed by atoms with Crippen molar-refractivity contribution >= 4 is 23.1 Å². The van der Waals surface area contributed by atoms with Crippen molar-refractivity contribution in [3.8, 4) is 11.1 Å². The molecule has 196 valence electrons. The number of fused-ring (bicyclic) bond motifs is 1. The minimum absolute atomic E-state index is 0.125. The summed E-state index contributed by atoms with van der Waals surface area (Å²) in [5, 5.41) is 0. The number of carbonyl (C=O) groups excluding carboxylic acids is 1. The Morgan fingerprint density at radius 2 is 1.57 bits per heavy atom. The van der Waals surface area contributed by atoms with Crippen LogP contribution in [0.1, 0.15) is 53.5 Å². The van der Waals surface area contributed by atoms with Crippen molar-refractivity contribution in [3.05, 3.63) is 101 Å². The summed E-state index contributed by atoms with van der Waals surface area (Å²) >= 11 is 0. The van der Waals surface area contributed by atoms with Gasteiger partial charge in [-0.25, -0.2) is 0 Å². The second-order valence-corrected chi connectivity index (χ2v) is 8.64. The van der Waals surface area contributed by atoms with Crippen LogP contribution in [0.3, 0.4) is 0 Å². The highest BCUT2D eigenvalue weighted by Crippen LogP contribution is 2.41. The third-order valence-corrected chi connectivity index (χ3v) is 5.80. The summed E-state index contributed by atoms with van der Waals surface area (Å²) in [6, 6.07) is 17.6. The molecule has 0 spiro atoms. The van der Waals surface area contributed by atoms with Crippen LogP contribution in [0.15, 0.2) is 73.4 Å². The van der Waals surface area contributed by atoms with E-state index < -0.39 is 11.7 Å². The van der Waals surface area contributed by atoms with Crippen molar-refractivity contribution in [1.29, 1.82) is 0 Å². The Hall–Kier alpha value is -3.80. The van der Waals surface area contributed by atoms with Crippen LogP contribution in [-0.4, -0.2) is 24.3 Å². The second kappa shape index (κ2) is 12.4. The number of aryl methyl sites for hydroxylation is 2. The molecule has 3 nitrogen and oxygen atoms in total. The first-order chi connectivity index (χ1) is 17.4. The van der Waals surface area contributed by atoms with E-state index in [1.54, 1.807) is 38.1 Å². The number of alkyl halides is 3. The molecule has 4 aromatic rings. The van der Waals surface area contributed by atoms with Gasteiger partial charge in [0, 0.05) is 42.8 Å². The third-order valence-electron chi connectivity index (χ3n) is 5.80. The highest BCUT2D eigenvalue weighted by molar-refractivity contribution is 5.94. The number of benzene rings is 2. The Morgan fingerprint density at radius 3 is 2.08 bits per heavy atom. The van der Waals surface area contributed by atoms with E-state index in [1.807, 2.05) is 86.8 Å². The van der Waals surface area contributed by atoms with Gasteiger partial charge in [-0.15, -0.1) is 0 Å². The highest BCUT2D eigenvalue weighted by Gasteiger charge is 2.35. The largest absolute Gasteiger partial charge is 0.417 e. The van der Waals surface area contributed by atoms with E-state index in [9.17, 15) is 18.0 Å². The van der Waals surface area contributed by atoms with E-state index in [0.717, 1.165) is 22.5 Å². The number of Topliss-reactive ketones (excluding diaryl/α,β-unsaturated/α-hetero) is 1. The molecular weight excluding hydrogens is 473 g/mol. The van der Waals surface area contributed by atoms with Crippen molar-refractivity contribution < 1.29 is 18.0 Å². The predicted octanol–water partition coefficient (Wildman–Crippen LogP) is 8.87. The maximum Gasteiger partial charge on any atom is 0.417 e. The fraction of sp³-hybridized carbons (Fsp3) is 0.258. The van der Waals surface area contributed by atoms with Gasteiger partial charge in [0.2, 0.25) is 0 Å². The van der Waals surface area contributed by atoms with Crippen LogP contribution in [0.4, 0.5) is 18.9 Å². The van der Waals surface area contributed by atoms with Gasteiger partial charge in [0.1, 0.15) is 0 Å². The lowest BCUT2D eigenvalue weighted by molar-refractivity contribution is -0.137. The molecule has 0 aliphatic rings. The molecule has 6 heteroatoms. The molecule has 0 atom stereocenters. The van der Waals surface area contributed by atoms with Crippen LogP contribution in [0, 0.1) is 13.8 Å². The molecule has 0 radical (unpaired) electrons. The number of nitrogens with zero attached hydrogens (tertiary/aromatic N) is 2. The van der Waals surface area contributed by atoms with E-state index in [4.69, 9.17) is 0 Å². The number of rotatable bonds is 4. The summed E-state index contributed by atoms with van der Waals surface area (Å²) in [6.07, 6.45) is -0.919. The van der Waals surface area contributed by atoms with Crippen LogP contribution < -0.4 is 4.90 Å². The smallest absolute Gasteiger partial charge is 0.377 e. The van der Waals surface area contributed by atoms with Gasteiger partial charge in [0.15, 0.2) is 5.78 Å². The molecule has 37 heavy (non-hydrogen) atoms. The minimum atomic E-state index is -4.42. The number of ketones is 1. The first-order valence-electron chi connectivity index (χ1n) is 12.1. The third kappa shape index (κ3) is 6.91. The summed E-state index contributed by atoms with van der Waals surface area (Å²) in [7, 11) is 3.65. The topological polar surface area (TPSA) is 24.7 Å². The predicted molar refractivity (Wildman–Crippen MR) is 150 cm³/mol. The van der Waals surface area contributed by atoms with E-state index >= 15 is 0 Å². The Bertz CT molecular complexity index is 1360. The van der Waals surface area contributed by atoms with Crippen molar-refractivity contribution in [1.82, 2.24) is 4.40 Å². The highest BCUT2D eigenvalue weighted by atomic mass is 19.4. The number of hydrogen-bond acceptors (Lipinski definition) is 2. The lowest BCUT2D eigenvalue weighted by Crippen LogP contribution is -2.14. The van der Waals surface area contributed by atoms with Gasteiger partial charge >= 0.3 is 6.18 Å². The van der Waals surface area contributed by atoms with Crippen molar-refractivity contribution in [2.75, 3.05) is 19.0 Å². The van der Waals surface area contributed by atoms with Crippen LogP contribution in [-0.2, 0) is 6.18 Å². The molecular formula is C31H35F3N2O. The number of carbonyl (C=O) groups is 1. The van der Waals surface area contributed by atoms with Gasteiger partial charge < -0.3 is 9.30 Å². The summed E-state index contributed by atoms with van der Waals surface area (Å²) in [5.74, 6) is 0.125. The van der Waals surface area contributed by atoms with Gasteiger partial charge in [0.05, 0.1) is 11.1 Å². The zero-order valence-corrected chi connectivity index (χ0v) is 22.6. The molecule has 0 unspecified atom stereocenters. The van der Waals surface area contributed by atoms with Crippen molar-refractivity contribution in [2.45, 2.75) is 40.8 Å². The molecule has 0 aliphatic heterocycles. The average Bonchev–Trinajstić information content (AvgIpc) is 3.28. The fourth-order valence-electron chi connectivity index (χ4n) is 3.98. The fourth-order valence-corrected chi connectivity index (χ4v) is 3.98. The van der Waals surface area contributed by atoms with E-state index in [0.29, 0.717) is 11.1 Å². The quantitative estimate of drug-likeness (QED) is 0.257. The SMILES string of the molecule is C=Cc1ccc2c(-c3cc(N(C)C)c(C)cc3C(F)(F)F)cccn12.CC.CC(=O)c1ccc(C)cc1. The maximum absolute atomic E-state index is 13.7. The molecule has 0 saturated carbocycles. The van der Waals surface area contributed by atoms with Crippen molar-refractivity contribution in [3.63, 3.8) is 0 Å². The Balaban J connectivity index is 0.000000336. The minimum Gasteiger partial charge on any atom is -0.377 e. The number of pyridine rings is 1. The summed E-state index contributed by atoms with van der Waals surface area (Å²) in [6.45, 7) is 13.0. The molecule has 2 aromatic carbocycles. The van der Waals surface area contributed by atoms with Gasteiger partial charge in [0.25, 0.3) is 0 Å². The molecule has 0 N–H and O–H groups in total. The molecule has 0 saturated heterocycles. The van der Waals surface area contributed by atoms with Gasteiger partial charge in [-0.3, -0.25) is 4.79 Å². The molecule has 0 aliphatic carbocycles. The normalized spacial score (nSPS) is 10.6. The summed E-state index contributed by atoms with van der Waals surface area (Å²) in [5.41, 5.74) is 4.99. The number of aromatic nitrogens is 1. The van der Waals surface area contributed by atoms with Crippen LogP contribution in [0.2, 0.25) is 0 Å². The summed E-state index contributed by atoms with van der Waals surface area (Å²) < 4.78 is 42.9. The lowest BCUT2D eigenvalue weighted by Gasteiger charge is -2.21. The first kappa shape index (κ1) is 29.4. The standard InChI is InChI=1S/C20H19F3N2.C9H10O.C2H6/c1-5-14-8-9-18-15(7-6-10-25(14)18)16-12-19(24(3)4)13(2)11-17(16)20(21,22)23;1-7-3-5-9(6-4-7)8(2)10;1-2/h5-12H,1H2,2-4H3;3-6H,1-2H3;1-2H3. The molecule has 2 aromatic heterocycles. The number of hydrogen-bond donors (Lipinski definition) is 0. The molecule has 2 heterocycles. The van der Waals surface area contributed by atoms with E-state index in [2.05, 4.69) is 6.58 Å². The lowest BCUT2D eigenvalue weighted by atomic mass is 9.95. The zero-order chi connectivity index (χ0) is 27.9. The van der Waals surface area contributed by atoms with Gasteiger partial charge in [-0.1, -0.05) is 56.3 Å². The molecule has 4 rings (SSSR count). The van der Waals surface area contributed by atoms with Crippen molar-refractivity contribution in [2.24, 2.45) is 0 Å². The summed E-state index contributed by atoms with van der Waals surface area (Å²) in [4.78, 5) is 12.6. The second-order valence-electron chi connectivity index (χ2n) is 8.64. The van der Waals surface area contributed by atoms with Gasteiger partial charge in [-0.05, 0) is 68.3 Å². The van der Waals surface area contributed by atoms with Crippen LogP contribution in [0.5, 0.6) is 0 Å². The van der Waals surface area contributed by atoms with Crippen LogP contribution in [0.25, 0.3) is 22.7 Å².